The van der Waals surface area contributed by atoms with Crippen LogP contribution >= 0.6 is 23.4 Å². The molecule has 1 amide bonds. The molecule has 3 aromatic rings. The Balaban J connectivity index is 1.71. The molecule has 3 rings (SSSR count). The molecule has 0 saturated carbocycles. The Morgan fingerprint density at radius 1 is 1.40 bits per heavy atom. The molecule has 3 N–H and O–H groups in total. The van der Waals surface area contributed by atoms with E-state index >= 15 is 0 Å². The molecular weight excluding hydrogens is 364 g/mol. The third-order valence-corrected chi connectivity index (χ3v) is 4.57. The van der Waals surface area contributed by atoms with Crippen LogP contribution in [0.15, 0.2) is 40.0 Å². The van der Waals surface area contributed by atoms with Crippen LogP contribution in [0.5, 0.6) is 0 Å². The maximum Gasteiger partial charge on any atom is 0.238 e. The smallest absolute Gasteiger partial charge is 0.238 e. The van der Waals surface area contributed by atoms with Crippen LogP contribution in [0.25, 0.3) is 11.4 Å². The first-order valence-corrected chi connectivity index (χ1v) is 8.57. The van der Waals surface area contributed by atoms with Gasteiger partial charge in [-0.3, -0.25) is 4.79 Å². The number of nitrogens with two attached hydrogens (primary N) is 1. The molecule has 130 valence electrons. The van der Waals surface area contributed by atoms with Gasteiger partial charge in [0, 0.05) is 16.7 Å². The van der Waals surface area contributed by atoms with E-state index in [0.29, 0.717) is 27.6 Å². The van der Waals surface area contributed by atoms with Crippen molar-refractivity contribution in [1.82, 2.24) is 20.0 Å². The number of benzene rings is 1. The van der Waals surface area contributed by atoms with Crippen LogP contribution in [0.3, 0.4) is 0 Å². The summed E-state index contributed by atoms with van der Waals surface area (Å²) in [5.74, 6) is 7.26. The molecule has 0 fully saturated rings. The summed E-state index contributed by atoms with van der Waals surface area (Å²) in [5.41, 5.74) is 0.740. The van der Waals surface area contributed by atoms with E-state index in [9.17, 15) is 4.79 Å². The van der Waals surface area contributed by atoms with Crippen LogP contribution in [0.1, 0.15) is 12.7 Å². The first-order valence-electron chi connectivity index (χ1n) is 7.31. The third-order valence-electron chi connectivity index (χ3n) is 3.28. The molecule has 2 aromatic heterocycles. The summed E-state index contributed by atoms with van der Waals surface area (Å²) in [6.45, 7) is 3.48. The van der Waals surface area contributed by atoms with Gasteiger partial charge in [-0.15, -0.1) is 10.2 Å². The molecule has 0 aliphatic rings. The molecular formula is C15H15ClN6O2S. The lowest BCUT2D eigenvalue weighted by Crippen LogP contribution is -2.23. The quantitative estimate of drug-likeness (QED) is 0.518. The van der Waals surface area contributed by atoms with Crippen LogP contribution in [-0.2, 0) is 4.79 Å². The number of carbonyl (C=O) groups excluding carboxylic acids is 1. The molecule has 0 spiro atoms. The number of hydrogen-bond acceptors (Lipinski definition) is 7. The van der Waals surface area contributed by atoms with Gasteiger partial charge in [-0.25, -0.2) is 4.68 Å². The molecule has 10 heteroatoms. The molecule has 1 aromatic carbocycles. The average molecular weight is 379 g/mol. The molecule has 1 atom stereocenters. The number of nitrogens with one attached hydrogen (secondary N) is 1. The van der Waals surface area contributed by atoms with E-state index in [4.69, 9.17) is 22.0 Å². The van der Waals surface area contributed by atoms with Gasteiger partial charge in [0.15, 0.2) is 11.6 Å². The highest BCUT2D eigenvalue weighted by Crippen LogP contribution is 2.26. The lowest BCUT2D eigenvalue weighted by molar-refractivity contribution is -0.115. The van der Waals surface area contributed by atoms with Crippen molar-refractivity contribution in [2.75, 3.05) is 11.2 Å². The van der Waals surface area contributed by atoms with Gasteiger partial charge in [-0.1, -0.05) is 40.7 Å². The molecule has 8 nitrogen and oxygen atoms in total. The first kappa shape index (κ1) is 17.3. The number of amides is 1. The van der Waals surface area contributed by atoms with Gasteiger partial charge in [0.05, 0.1) is 5.25 Å². The number of hydrogen-bond donors (Lipinski definition) is 2. The minimum Gasteiger partial charge on any atom is -0.360 e. The number of halogens is 1. The first-order chi connectivity index (χ1) is 11.9. The molecule has 0 radical (unpaired) electrons. The Morgan fingerprint density at radius 2 is 2.20 bits per heavy atom. The summed E-state index contributed by atoms with van der Waals surface area (Å²) in [6.07, 6.45) is 0. The van der Waals surface area contributed by atoms with Crippen LogP contribution < -0.4 is 11.2 Å². The Bertz CT molecular complexity index is 909. The van der Waals surface area contributed by atoms with Gasteiger partial charge >= 0.3 is 0 Å². The average Bonchev–Trinajstić information content (AvgIpc) is 3.14. The summed E-state index contributed by atoms with van der Waals surface area (Å²) >= 11 is 7.17. The molecule has 0 unspecified atom stereocenters. The van der Waals surface area contributed by atoms with Crippen molar-refractivity contribution in [2.24, 2.45) is 0 Å². The number of aromatic nitrogens is 4. The van der Waals surface area contributed by atoms with E-state index in [-0.39, 0.29) is 5.91 Å². The molecule has 0 aliphatic carbocycles. The minimum absolute atomic E-state index is 0.245. The minimum atomic E-state index is -0.462. The van der Waals surface area contributed by atoms with Crippen molar-refractivity contribution in [3.05, 3.63) is 41.1 Å². The van der Waals surface area contributed by atoms with E-state index in [0.717, 1.165) is 5.56 Å². The van der Waals surface area contributed by atoms with Crippen LogP contribution in [-0.4, -0.2) is 31.2 Å². The Morgan fingerprint density at radius 3 is 2.88 bits per heavy atom. The predicted octanol–water partition coefficient (Wildman–Crippen LogP) is 2.73. The molecule has 0 saturated heterocycles. The van der Waals surface area contributed by atoms with Crippen LogP contribution in [0, 0.1) is 6.92 Å². The van der Waals surface area contributed by atoms with E-state index in [1.165, 1.54) is 16.4 Å². The number of thioether (sulfide) groups is 1. The second kappa shape index (κ2) is 7.16. The van der Waals surface area contributed by atoms with Crippen LogP contribution in [0.2, 0.25) is 5.02 Å². The summed E-state index contributed by atoms with van der Waals surface area (Å²) < 4.78 is 6.25. The van der Waals surface area contributed by atoms with E-state index in [1.807, 2.05) is 6.07 Å². The largest absolute Gasteiger partial charge is 0.360 e. The Labute approximate surface area is 152 Å². The van der Waals surface area contributed by atoms with Crippen molar-refractivity contribution >= 4 is 35.1 Å². The van der Waals surface area contributed by atoms with Crippen molar-refractivity contribution in [1.29, 1.82) is 0 Å². The summed E-state index contributed by atoms with van der Waals surface area (Å²) in [5, 5.41) is 15.0. The summed E-state index contributed by atoms with van der Waals surface area (Å²) in [6, 6.07) is 8.77. The zero-order valence-electron chi connectivity index (χ0n) is 13.4. The number of aryl methyl sites for hydroxylation is 1. The fraction of sp³-hybridized carbons (Fsp3) is 0.200. The normalized spacial score (nSPS) is 12.1. The van der Waals surface area contributed by atoms with Gasteiger partial charge in [-0.2, -0.15) is 0 Å². The van der Waals surface area contributed by atoms with Crippen molar-refractivity contribution in [2.45, 2.75) is 24.3 Å². The summed E-state index contributed by atoms with van der Waals surface area (Å²) in [7, 11) is 0. The highest BCUT2D eigenvalue weighted by atomic mass is 35.5. The maximum atomic E-state index is 12.2. The number of carbonyl (C=O) groups is 1. The molecule has 0 aliphatic heterocycles. The SMILES string of the molecule is Cc1cc(NC(=O)[C@@H](C)Sc2nnc(-c3cccc(Cl)c3)n2N)no1. The number of anilines is 1. The van der Waals surface area contributed by atoms with E-state index < -0.39 is 5.25 Å². The fourth-order valence-corrected chi connectivity index (χ4v) is 3.01. The van der Waals surface area contributed by atoms with Crippen molar-refractivity contribution in [3.8, 4) is 11.4 Å². The second-order valence-electron chi connectivity index (χ2n) is 5.26. The highest BCUT2D eigenvalue weighted by Gasteiger charge is 2.21. The lowest BCUT2D eigenvalue weighted by atomic mass is 10.2. The van der Waals surface area contributed by atoms with Gasteiger partial charge in [0.25, 0.3) is 0 Å². The zero-order chi connectivity index (χ0) is 18.0. The Hall–Kier alpha value is -2.52. The zero-order valence-corrected chi connectivity index (χ0v) is 15.0. The van der Waals surface area contributed by atoms with Crippen molar-refractivity contribution < 1.29 is 9.32 Å². The molecule has 2 heterocycles. The highest BCUT2D eigenvalue weighted by molar-refractivity contribution is 8.00. The van der Waals surface area contributed by atoms with Gasteiger partial charge in [0.2, 0.25) is 11.1 Å². The lowest BCUT2D eigenvalue weighted by Gasteiger charge is -2.09. The second-order valence-corrected chi connectivity index (χ2v) is 7.00. The topological polar surface area (TPSA) is 112 Å². The summed E-state index contributed by atoms with van der Waals surface area (Å²) in [4.78, 5) is 12.2. The van der Waals surface area contributed by atoms with Gasteiger partial charge in [-0.05, 0) is 26.0 Å². The van der Waals surface area contributed by atoms with Crippen LogP contribution in [0.4, 0.5) is 5.82 Å². The van der Waals surface area contributed by atoms with Crippen molar-refractivity contribution in [3.63, 3.8) is 0 Å². The molecule has 25 heavy (non-hydrogen) atoms. The van der Waals surface area contributed by atoms with Gasteiger partial charge < -0.3 is 15.7 Å². The number of nitrogens with zero attached hydrogens (tertiary/aromatic N) is 4. The number of rotatable bonds is 5. The standard InChI is InChI=1S/C15H15ClN6O2S/c1-8-6-12(21-24-8)18-14(23)9(2)25-15-20-19-13(22(15)17)10-4-3-5-11(16)7-10/h3-7,9H,17H2,1-2H3,(H,18,21,23)/t9-/m1/s1. The maximum absolute atomic E-state index is 12.2. The Kier molecular flexibility index (Phi) is 4.95. The monoisotopic (exact) mass is 378 g/mol. The third kappa shape index (κ3) is 3.94. The fourth-order valence-electron chi connectivity index (χ4n) is 2.05. The van der Waals surface area contributed by atoms with Gasteiger partial charge in [0.1, 0.15) is 5.76 Å². The number of nitrogen functional groups attached to an aromatic ring is 1. The molecule has 0 bridgehead atoms. The van der Waals surface area contributed by atoms with E-state index in [2.05, 4.69) is 20.7 Å². The van der Waals surface area contributed by atoms with E-state index in [1.54, 1.807) is 38.1 Å². The predicted molar refractivity (Wildman–Crippen MR) is 95.8 cm³/mol.